The molecule has 3 rings (SSSR count). The Hall–Kier alpha value is -3.35. The average molecular weight is 341 g/mol. The van der Waals surface area contributed by atoms with Crippen LogP contribution in [-0.2, 0) is 17.9 Å². The number of carbonyl (C=O) groups excluding carboxylic acids is 1. The van der Waals surface area contributed by atoms with E-state index in [1.807, 2.05) is 24.3 Å². The van der Waals surface area contributed by atoms with Crippen LogP contribution in [0.1, 0.15) is 11.3 Å². The number of ether oxygens (including phenoxy) is 1. The van der Waals surface area contributed by atoms with Gasteiger partial charge in [0.25, 0.3) is 0 Å². The lowest BCUT2D eigenvalue weighted by atomic mass is 10.1. The van der Waals surface area contributed by atoms with Crippen LogP contribution < -0.4 is 11.1 Å². The number of halogens is 1. The predicted molar refractivity (Wildman–Crippen MR) is 90.0 cm³/mol. The standard InChI is InChI=1S/C18H16FN3O3/c19-14-5-1-12(2-6-14)10-21-15-7-3-13(4-8-15)17-9-16(25-22-17)11-24-18(20)23/h1-9,21H,10-11H2,(H2,20,23). The molecular weight excluding hydrogens is 325 g/mol. The summed E-state index contributed by atoms with van der Waals surface area (Å²) in [5, 5.41) is 7.19. The maximum absolute atomic E-state index is 12.9. The van der Waals surface area contributed by atoms with E-state index in [1.165, 1.54) is 12.1 Å². The van der Waals surface area contributed by atoms with Gasteiger partial charge in [-0.05, 0) is 29.8 Å². The van der Waals surface area contributed by atoms with Gasteiger partial charge in [-0.25, -0.2) is 9.18 Å². The first-order chi connectivity index (χ1) is 12.1. The summed E-state index contributed by atoms with van der Waals surface area (Å²) in [4.78, 5) is 10.6. The normalized spacial score (nSPS) is 10.4. The summed E-state index contributed by atoms with van der Waals surface area (Å²) in [7, 11) is 0. The Morgan fingerprint density at radius 1 is 1.16 bits per heavy atom. The Balaban J connectivity index is 1.60. The van der Waals surface area contributed by atoms with E-state index >= 15 is 0 Å². The lowest BCUT2D eigenvalue weighted by molar-refractivity contribution is 0.137. The van der Waals surface area contributed by atoms with Crippen molar-refractivity contribution in [2.45, 2.75) is 13.2 Å². The number of rotatable bonds is 6. The summed E-state index contributed by atoms with van der Waals surface area (Å²) in [6, 6.07) is 15.6. The smallest absolute Gasteiger partial charge is 0.404 e. The lowest BCUT2D eigenvalue weighted by Gasteiger charge is -2.07. The number of hydrogen-bond acceptors (Lipinski definition) is 5. The van der Waals surface area contributed by atoms with Crippen molar-refractivity contribution in [3.8, 4) is 11.3 Å². The second kappa shape index (κ2) is 7.48. The van der Waals surface area contributed by atoms with Crippen molar-refractivity contribution < 1.29 is 18.4 Å². The molecule has 3 aromatic rings. The zero-order valence-electron chi connectivity index (χ0n) is 13.2. The second-order valence-electron chi connectivity index (χ2n) is 5.34. The van der Waals surface area contributed by atoms with Crippen LogP contribution in [0, 0.1) is 5.82 Å². The van der Waals surface area contributed by atoms with Crippen molar-refractivity contribution in [2.24, 2.45) is 5.73 Å². The molecule has 1 amide bonds. The molecule has 6 nitrogen and oxygen atoms in total. The van der Waals surface area contributed by atoms with Crippen molar-refractivity contribution in [1.29, 1.82) is 0 Å². The third-order valence-corrected chi connectivity index (χ3v) is 3.51. The molecule has 0 saturated heterocycles. The summed E-state index contributed by atoms with van der Waals surface area (Å²) in [5.74, 6) is 0.161. The van der Waals surface area contributed by atoms with Crippen molar-refractivity contribution in [3.63, 3.8) is 0 Å². The number of nitrogens with two attached hydrogens (primary N) is 1. The molecule has 1 heterocycles. The molecule has 0 bridgehead atoms. The van der Waals surface area contributed by atoms with Gasteiger partial charge in [-0.1, -0.05) is 29.4 Å². The number of nitrogens with one attached hydrogen (secondary N) is 1. The number of hydrogen-bond donors (Lipinski definition) is 2. The van der Waals surface area contributed by atoms with Gasteiger partial charge in [0.15, 0.2) is 12.4 Å². The Kier molecular flexibility index (Phi) is 4.94. The van der Waals surface area contributed by atoms with E-state index in [0.29, 0.717) is 18.0 Å². The molecule has 0 aliphatic carbocycles. The highest BCUT2D eigenvalue weighted by Crippen LogP contribution is 2.22. The molecule has 0 radical (unpaired) electrons. The van der Waals surface area contributed by atoms with Crippen LogP contribution >= 0.6 is 0 Å². The molecule has 128 valence electrons. The van der Waals surface area contributed by atoms with E-state index < -0.39 is 6.09 Å². The van der Waals surface area contributed by atoms with Gasteiger partial charge in [-0.2, -0.15) is 0 Å². The highest BCUT2D eigenvalue weighted by molar-refractivity contribution is 5.65. The fourth-order valence-electron chi connectivity index (χ4n) is 2.22. The Morgan fingerprint density at radius 2 is 1.88 bits per heavy atom. The third kappa shape index (κ3) is 4.57. The van der Waals surface area contributed by atoms with E-state index in [2.05, 4.69) is 15.2 Å². The number of anilines is 1. The van der Waals surface area contributed by atoms with Crippen LogP contribution in [0.5, 0.6) is 0 Å². The first kappa shape index (κ1) is 16.5. The first-order valence-corrected chi connectivity index (χ1v) is 7.57. The molecule has 3 N–H and O–H groups in total. The zero-order chi connectivity index (χ0) is 17.6. The molecule has 25 heavy (non-hydrogen) atoms. The van der Waals surface area contributed by atoms with Gasteiger partial charge in [-0.15, -0.1) is 0 Å². The van der Waals surface area contributed by atoms with E-state index in [-0.39, 0.29) is 12.4 Å². The minimum Gasteiger partial charge on any atom is -0.441 e. The van der Waals surface area contributed by atoms with Crippen LogP contribution in [-0.4, -0.2) is 11.2 Å². The van der Waals surface area contributed by atoms with Crippen molar-refractivity contribution >= 4 is 11.8 Å². The molecular formula is C18H16FN3O3. The Morgan fingerprint density at radius 3 is 2.56 bits per heavy atom. The Labute approximate surface area is 143 Å². The van der Waals surface area contributed by atoms with Gasteiger partial charge in [-0.3, -0.25) is 0 Å². The second-order valence-corrected chi connectivity index (χ2v) is 5.34. The minimum absolute atomic E-state index is 0.0559. The molecule has 1 aromatic heterocycles. The number of primary amides is 1. The Bertz CT molecular complexity index is 845. The van der Waals surface area contributed by atoms with Gasteiger partial charge in [0, 0.05) is 23.9 Å². The maximum Gasteiger partial charge on any atom is 0.404 e. The molecule has 0 unspecified atom stereocenters. The summed E-state index contributed by atoms with van der Waals surface area (Å²) in [6.45, 7) is 0.540. The van der Waals surface area contributed by atoms with Crippen molar-refractivity contribution in [1.82, 2.24) is 5.16 Å². The number of amides is 1. The van der Waals surface area contributed by atoms with Crippen LogP contribution in [0.3, 0.4) is 0 Å². The third-order valence-electron chi connectivity index (χ3n) is 3.51. The monoisotopic (exact) mass is 341 g/mol. The number of aromatic nitrogens is 1. The molecule has 0 spiro atoms. The van der Waals surface area contributed by atoms with Crippen LogP contribution in [0.25, 0.3) is 11.3 Å². The fourth-order valence-corrected chi connectivity index (χ4v) is 2.22. The van der Waals surface area contributed by atoms with Crippen LogP contribution in [0.4, 0.5) is 14.9 Å². The molecule has 0 aliphatic heterocycles. The quantitative estimate of drug-likeness (QED) is 0.713. The summed E-state index contributed by atoms with van der Waals surface area (Å²) in [6.07, 6.45) is -0.866. The van der Waals surface area contributed by atoms with Gasteiger partial charge in [0.05, 0.1) is 0 Å². The van der Waals surface area contributed by atoms with Gasteiger partial charge in [0.2, 0.25) is 0 Å². The molecule has 0 saturated carbocycles. The summed E-state index contributed by atoms with van der Waals surface area (Å²) >= 11 is 0. The average Bonchev–Trinajstić information content (AvgIpc) is 3.09. The minimum atomic E-state index is -0.866. The van der Waals surface area contributed by atoms with E-state index in [1.54, 1.807) is 18.2 Å². The number of benzene rings is 2. The van der Waals surface area contributed by atoms with Crippen molar-refractivity contribution in [3.05, 3.63) is 71.7 Å². The molecule has 0 aliphatic rings. The highest BCUT2D eigenvalue weighted by atomic mass is 19.1. The maximum atomic E-state index is 12.9. The van der Waals surface area contributed by atoms with Gasteiger partial charge in [0.1, 0.15) is 11.5 Å². The zero-order valence-corrected chi connectivity index (χ0v) is 13.2. The van der Waals surface area contributed by atoms with E-state index in [9.17, 15) is 9.18 Å². The highest BCUT2D eigenvalue weighted by Gasteiger charge is 2.08. The molecule has 0 fully saturated rings. The van der Waals surface area contributed by atoms with Gasteiger partial charge >= 0.3 is 6.09 Å². The fraction of sp³-hybridized carbons (Fsp3) is 0.111. The molecule has 2 aromatic carbocycles. The summed E-state index contributed by atoms with van der Waals surface area (Å²) < 4.78 is 22.6. The number of carbonyl (C=O) groups is 1. The van der Waals surface area contributed by atoms with Crippen LogP contribution in [0.2, 0.25) is 0 Å². The predicted octanol–water partition coefficient (Wildman–Crippen LogP) is 3.69. The molecule has 0 atom stereocenters. The van der Waals surface area contributed by atoms with E-state index in [4.69, 9.17) is 10.3 Å². The SMILES string of the molecule is NC(=O)OCc1cc(-c2ccc(NCc3ccc(F)cc3)cc2)no1. The summed E-state index contributed by atoms with van der Waals surface area (Å²) in [5.41, 5.74) is 8.31. The van der Waals surface area contributed by atoms with Gasteiger partial charge < -0.3 is 20.3 Å². The van der Waals surface area contributed by atoms with Crippen molar-refractivity contribution in [2.75, 3.05) is 5.32 Å². The topological polar surface area (TPSA) is 90.4 Å². The molecule has 7 heteroatoms. The van der Waals surface area contributed by atoms with Crippen LogP contribution in [0.15, 0.2) is 59.1 Å². The lowest BCUT2D eigenvalue weighted by Crippen LogP contribution is -2.12. The first-order valence-electron chi connectivity index (χ1n) is 7.57. The number of nitrogens with zero attached hydrogens (tertiary/aromatic N) is 1. The largest absolute Gasteiger partial charge is 0.441 e. The van der Waals surface area contributed by atoms with E-state index in [0.717, 1.165) is 16.8 Å².